The summed E-state index contributed by atoms with van der Waals surface area (Å²) < 4.78 is 1.91. The Morgan fingerprint density at radius 3 is 2.91 bits per heavy atom. The van der Waals surface area contributed by atoms with Gasteiger partial charge in [-0.2, -0.15) is 5.10 Å². The first kappa shape index (κ1) is 15.5. The first-order valence-corrected chi connectivity index (χ1v) is 8.01. The van der Waals surface area contributed by atoms with Gasteiger partial charge in [0.1, 0.15) is 5.82 Å². The van der Waals surface area contributed by atoms with Crippen LogP contribution in [0.15, 0.2) is 24.5 Å². The molecule has 1 aliphatic rings. The summed E-state index contributed by atoms with van der Waals surface area (Å²) in [4.78, 5) is 18.8. The van der Waals surface area contributed by atoms with Crippen LogP contribution in [0.3, 0.4) is 0 Å². The monoisotopic (exact) mass is 313 g/mol. The van der Waals surface area contributed by atoms with Crippen molar-refractivity contribution < 1.29 is 4.79 Å². The highest BCUT2D eigenvalue weighted by molar-refractivity contribution is 5.95. The Morgan fingerprint density at radius 2 is 2.22 bits per heavy atom. The van der Waals surface area contributed by atoms with E-state index in [1.165, 1.54) is 0 Å². The third-order valence-corrected chi connectivity index (χ3v) is 4.34. The van der Waals surface area contributed by atoms with Gasteiger partial charge in [-0.25, -0.2) is 0 Å². The molecule has 0 spiro atoms. The first-order valence-electron chi connectivity index (χ1n) is 8.01. The van der Waals surface area contributed by atoms with Crippen molar-refractivity contribution in [3.05, 3.63) is 41.3 Å². The number of amides is 1. The fourth-order valence-electron chi connectivity index (χ4n) is 3.16. The number of hydrogen-bond donors (Lipinski definition) is 1. The Balaban J connectivity index is 1.68. The van der Waals surface area contributed by atoms with Crippen LogP contribution in [-0.4, -0.2) is 39.8 Å². The highest BCUT2D eigenvalue weighted by Crippen LogP contribution is 2.20. The minimum absolute atomic E-state index is 0.0383. The SMILES string of the molecule is Cc1cc(N2CCCC(NC(=O)c3cnccc3C)C2)n(C)n1. The Hall–Kier alpha value is -2.37. The Kier molecular flexibility index (Phi) is 4.32. The molecule has 3 rings (SSSR count). The van der Waals surface area contributed by atoms with Crippen molar-refractivity contribution in [2.24, 2.45) is 7.05 Å². The lowest BCUT2D eigenvalue weighted by molar-refractivity contribution is 0.0932. The standard InChI is InChI=1S/C17H23N5O/c1-12-6-7-18-10-15(12)17(23)19-14-5-4-8-22(11-14)16-9-13(2)20-21(16)3/h6-7,9-10,14H,4-5,8,11H2,1-3H3,(H,19,23). The molecule has 2 aromatic rings. The second kappa shape index (κ2) is 6.40. The van der Waals surface area contributed by atoms with E-state index in [1.54, 1.807) is 12.4 Å². The Bertz CT molecular complexity index is 709. The van der Waals surface area contributed by atoms with E-state index < -0.39 is 0 Å². The number of carbonyl (C=O) groups excluding carboxylic acids is 1. The molecule has 3 heterocycles. The van der Waals surface area contributed by atoms with Crippen LogP contribution >= 0.6 is 0 Å². The minimum atomic E-state index is -0.0383. The van der Waals surface area contributed by atoms with Crippen LogP contribution in [0.25, 0.3) is 0 Å². The average molecular weight is 313 g/mol. The van der Waals surface area contributed by atoms with Gasteiger partial charge >= 0.3 is 0 Å². The van der Waals surface area contributed by atoms with Crippen molar-refractivity contribution in [2.45, 2.75) is 32.7 Å². The van der Waals surface area contributed by atoms with Gasteiger partial charge in [0.2, 0.25) is 0 Å². The number of aryl methyl sites for hydroxylation is 3. The van der Waals surface area contributed by atoms with Crippen LogP contribution in [0.4, 0.5) is 5.82 Å². The van der Waals surface area contributed by atoms with Gasteiger partial charge in [-0.05, 0) is 38.3 Å². The number of nitrogens with one attached hydrogen (secondary N) is 1. The molecular weight excluding hydrogens is 290 g/mol. The van der Waals surface area contributed by atoms with Crippen LogP contribution in [0.1, 0.15) is 34.5 Å². The minimum Gasteiger partial charge on any atom is -0.355 e. The highest BCUT2D eigenvalue weighted by Gasteiger charge is 2.24. The molecule has 0 saturated carbocycles. The van der Waals surface area contributed by atoms with E-state index in [0.717, 1.165) is 43.0 Å². The molecule has 122 valence electrons. The second-order valence-corrected chi connectivity index (χ2v) is 6.22. The number of carbonyl (C=O) groups is 1. The molecule has 1 aliphatic heterocycles. The molecule has 0 radical (unpaired) electrons. The summed E-state index contributed by atoms with van der Waals surface area (Å²) in [5.74, 6) is 1.07. The van der Waals surface area contributed by atoms with Gasteiger partial charge in [-0.3, -0.25) is 14.5 Å². The maximum Gasteiger partial charge on any atom is 0.253 e. The van der Waals surface area contributed by atoms with Crippen LogP contribution in [-0.2, 0) is 7.05 Å². The topological polar surface area (TPSA) is 63.1 Å². The van der Waals surface area contributed by atoms with Gasteiger partial charge in [0.05, 0.1) is 11.3 Å². The second-order valence-electron chi connectivity index (χ2n) is 6.22. The lowest BCUT2D eigenvalue weighted by atomic mass is 10.0. The molecule has 1 amide bonds. The zero-order chi connectivity index (χ0) is 16.4. The molecular formula is C17H23N5O. The molecule has 1 N–H and O–H groups in total. The van der Waals surface area contributed by atoms with Crippen LogP contribution in [0.2, 0.25) is 0 Å². The molecule has 6 nitrogen and oxygen atoms in total. The van der Waals surface area contributed by atoms with Crippen molar-refractivity contribution in [3.8, 4) is 0 Å². The zero-order valence-electron chi connectivity index (χ0n) is 13.9. The average Bonchev–Trinajstić information content (AvgIpc) is 2.86. The fourth-order valence-corrected chi connectivity index (χ4v) is 3.16. The molecule has 1 atom stereocenters. The quantitative estimate of drug-likeness (QED) is 0.939. The molecule has 23 heavy (non-hydrogen) atoms. The molecule has 6 heteroatoms. The van der Waals surface area contributed by atoms with Crippen molar-refractivity contribution in [3.63, 3.8) is 0 Å². The number of hydrogen-bond acceptors (Lipinski definition) is 4. The summed E-state index contributed by atoms with van der Waals surface area (Å²) in [6.45, 7) is 5.74. The van der Waals surface area contributed by atoms with Gasteiger partial charge in [-0.1, -0.05) is 0 Å². The fraction of sp³-hybridized carbons (Fsp3) is 0.471. The third kappa shape index (κ3) is 3.36. The van der Waals surface area contributed by atoms with Gasteiger partial charge in [0, 0.05) is 44.6 Å². The number of nitrogens with zero attached hydrogens (tertiary/aromatic N) is 4. The third-order valence-electron chi connectivity index (χ3n) is 4.34. The number of aromatic nitrogens is 3. The number of pyridine rings is 1. The Morgan fingerprint density at radius 1 is 1.39 bits per heavy atom. The number of piperidine rings is 1. The smallest absolute Gasteiger partial charge is 0.253 e. The van der Waals surface area contributed by atoms with E-state index in [4.69, 9.17) is 0 Å². The summed E-state index contributed by atoms with van der Waals surface area (Å²) in [6.07, 6.45) is 5.40. The maximum atomic E-state index is 12.5. The zero-order valence-corrected chi connectivity index (χ0v) is 13.9. The van der Waals surface area contributed by atoms with Crippen molar-refractivity contribution in [1.29, 1.82) is 0 Å². The van der Waals surface area contributed by atoms with E-state index in [-0.39, 0.29) is 11.9 Å². The predicted molar refractivity (Wildman–Crippen MR) is 89.6 cm³/mol. The van der Waals surface area contributed by atoms with E-state index >= 15 is 0 Å². The largest absolute Gasteiger partial charge is 0.355 e. The Labute approximate surface area is 136 Å². The number of anilines is 1. The molecule has 2 aromatic heterocycles. The van der Waals surface area contributed by atoms with E-state index in [9.17, 15) is 4.79 Å². The van der Waals surface area contributed by atoms with E-state index in [0.29, 0.717) is 5.56 Å². The summed E-state index contributed by atoms with van der Waals surface area (Å²) in [6, 6.07) is 4.10. The van der Waals surface area contributed by atoms with Crippen LogP contribution in [0, 0.1) is 13.8 Å². The van der Waals surface area contributed by atoms with Gasteiger partial charge in [-0.15, -0.1) is 0 Å². The maximum absolute atomic E-state index is 12.5. The first-order chi connectivity index (χ1) is 11.0. The molecule has 1 unspecified atom stereocenters. The summed E-state index contributed by atoms with van der Waals surface area (Å²) in [5.41, 5.74) is 2.62. The van der Waals surface area contributed by atoms with Crippen molar-refractivity contribution in [1.82, 2.24) is 20.1 Å². The lowest BCUT2D eigenvalue weighted by Gasteiger charge is -2.34. The van der Waals surface area contributed by atoms with Crippen LogP contribution in [0.5, 0.6) is 0 Å². The molecule has 0 aliphatic carbocycles. The normalized spacial score (nSPS) is 18.0. The van der Waals surface area contributed by atoms with Gasteiger partial charge < -0.3 is 10.2 Å². The van der Waals surface area contributed by atoms with Gasteiger partial charge in [0.15, 0.2) is 0 Å². The summed E-state index contributed by atoms with van der Waals surface area (Å²) in [5, 5.41) is 7.56. The molecule has 1 saturated heterocycles. The van der Waals surface area contributed by atoms with Crippen LogP contribution < -0.4 is 10.2 Å². The van der Waals surface area contributed by atoms with Crippen molar-refractivity contribution in [2.75, 3.05) is 18.0 Å². The molecule has 0 bridgehead atoms. The lowest BCUT2D eigenvalue weighted by Crippen LogP contribution is -2.48. The van der Waals surface area contributed by atoms with E-state index in [2.05, 4.69) is 26.4 Å². The summed E-state index contributed by atoms with van der Waals surface area (Å²) >= 11 is 0. The van der Waals surface area contributed by atoms with Gasteiger partial charge in [0.25, 0.3) is 5.91 Å². The number of rotatable bonds is 3. The predicted octanol–water partition coefficient (Wildman–Crippen LogP) is 1.83. The van der Waals surface area contributed by atoms with E-state index in [1.807, 2.05) is 31.6 Å². The van der Waals surface area contributed by atoms with Crippen molar-refractivity contribution >= 4 is 11.7 Å². The molecule has 1 fully saturated rings. The summed E-state index contributed by atoms with van der Waals surface area (Å²) in [7, 11) is 1.96. The highest BCUT2D eigenvalue weighted by atomic mass is 16.1. The molecule has 0 aromatic carbocycles.